The average Bonchev–Trinajstić information content (AvgIpc) is 3.68. The zero-order chi connectivity index (χ0) is 41.0. The summed E-state index contributed by atoms with van der Waals surface area (Å²) in [5, 5.41) is 3.59. The van der Waals surface area contributed by atoms with E-state index in [1.807, 2.05) is 0 Å². The molecule has 3 aliphatic rings. The van der Waals surface area contributed by atoms with Gasteiger partial charge in [-0.3, -0.25) is 9.36 Å². The van der Waals surface area contributed by atoms with E-state index in [0.717, 1.165) is 18.9 Å². The Bertz CT molecular complexity index is 2040. The molecule has 1 aromatic carbocycles. The molecule has 1 N–H and O–H groups in total. The first-order valence-electron chi connectivity index (χ1n) is 19.6. The van der Waals surface area contributed by atoms with Crippen LogP contribution in [-0.4, -0.2) is 110 Å². The van der Waals surface area contributed by atoms with Crippen LogP contribution in [0.15, 0.2) is 35.4 Å². The highest BCUT2D eigenvalue weighted by Gasteiger charge is 2.46. The lowest BCUT2D eigenvalue weighted by atomic mass is 9.85. The zero-order valence-electron chi connectivity index (χ0n) is 33.0. The summed E-state index contributed by atoms with van der Waals surface area (Å²) in [5.41, 5.74) is -1.24. The molecule has 0 radical (unpaired) electrons. The standard InChI is InChI=1S/C39H53F3N6O8S/c1-26(28-8-5-9-30(33(28)40)39(41,42)27-11-14-47(15-12-27)37(50)56-38(2,3)4)45-34-29-24-31(46-16-22-57(51,52)23-17-46)36(49)48(35(29)44-25-43-34)13-7-19-53-18-6-10-32-54-20-21-55-32/h5,8-9,24-27,32H,6-7,10-23H2,1-4H3,(H,43,44,45)/t26-/m1/s1. The van der Waals surface area contributed by atoms with E-state index in [4.69, 9.17) is 18.9 Å². The summed E-state index contributed by atoms with van der Waals surface area (Å²) in [7, 11) is -3.24. The van der Waals surface area contributed by atoms with Crippen LogP contribution in [0.4, 0.5) is 29.5 Å². The smallest absolute Gasteiger partial charge is 0.410 e. The van der Waals surface area contributed by atoms with Crippen molar-refractivity contribution in [3.05, 3.63) is 57.9 Å². The molecule has 0 unspecified atom stereocenters. The van der Waals surface area contributed by atoms with Gasteiger partial charge < -0.3 is 34.1 Å². The minimum absolute atomic E-state index is 0.0110. The van der Waals surface area contributed by atoms with Gasteiger partial charge in [0.2, 0.25) is 0 Å². The highest BCUT2D eigenvalue weighted by molar-refractivity contribution is 7.91. The number of nitrogens with one attached hydrogen (secondary N) is 1. The van der Waals surface area contributed by atoms with Gasteiger partial charge in [0, 0.05) is 63.8 Å². The van der Waals surface area contributed by atoms with Crippen molar-refractivity contribution in [3.63, 3.8) is 0 Å². The highest BCUT2D eigenvalue weighted by Crippen LogP contribution is 2.44. The number of carbonyl (C=O) groups excluding carboxylic acids is 1. The Morgan fingerprint density at radius 2 is 1.72 bits per heavy atom. The number of anilines is 2. The van der Waals surface area contributed by atoms with Crippen molar-refractivity contribution in [3.8, 4) is 0 Å². The number of rotatable bonds is 14. The third kappa shape index (κ3) is 10.4. The van der Waals surface area contributed by atoms with Crippen molar-refractivity contribution in [1.82, 2.24) is 19.4 Å². The van der Waals surface area contributed by atoms with Crippen LogP contribution in [0.1, 0.15) is 77.0 Å². The van der Waals surface area contributed by atoms with Crippen molar-refractivity contribution in [2.24, 2.45) is 5.92 Å². The van der Waals surface area contributed by atoms with Gasteiger partial charge >= 0.3 is 6.09 Å². The number of aromatic nitrogens is 3. The van der Waals surface area contributed by atoms with Crippen molar-refractivity contribution in [1.29, 1.82) is 0 Å². The van der Waals surface area contributed by atoms with Gasteiger partial charge in [-0.05, 0) is 59.4 Å². The van der Waals surface area contributed by atoms with Gasteiger partial charge in [0.1, 0.15) is 34.9 Å². The van der Waals surface area contributed by atoms with Gasteiger partial charge in [-0.2, -0.15) is 0 Å². The maximum atomic E-state index is 16.2. The number of alkyl halides is 2. The fourth-order valence-electron chi connectivity index (χ4n) is 7.42. The molecule has 0 bridgehead atoms. The first kappa shape index (κ1) is 42.6. The van der Waals surface area contributed by atoms with Gasteiger partial charge in [0.05, 0.1) is 41.7 Å². The molecular formula is C39H53F3N6O8S. The zero-order valence-corrected chi connectivity index (χ0v) is 33.8. The lowest BCUT2D eigenvalue weighted by Crippen LogP contribution is -2.44. The quantitative estimate of drug-likeness (QED) is 0.200. The number of sulfone groups is 1. The third-order valence-electron chi connectivity index (χ3n) is 10.5. The van der Waals surface area contributed by atoms with E-state index in [1.165, 1.54) is 27.9 Å². The summed E-state index contributed by atoms with van der Waals surface area (Å²) < 4.78 is 96.5. The van der Waals surface area contributed by atoms with Gasteiger partial charge in [-0.1, -0.05) is 18.2 Å². The lowest BCUT2D eigenvalue weighted by molar-refractivity contribution is -0.0885. The first-order chi connectivity index (χ1) is 27.0. The SMILES string of the molecule is C[C@@H](Nc1ncnc2c1cc(N1CCS(=O)(=O)CC1)c(=O)n2CCCOCCCC1OCCO1)c1cccc(C(F)(F)C2CCN(C(=O)OC(C)(C)C)CC2)c1F. The number of hydrogen-bond acceptors (Lipinski definition) is 12. The minimum Gasteiger partial charge on any atom is -0.444 e. The van der Waals surface area contributed by atoms with Crippen LogP contribution in [0.25, 0.3) is 11.0 Å². The summed E-state index contributed by atoms with van der Waals surface area (Å²) in [6, 6.07) is 4.68. The molecule has 14 nitrogen and oxygen atoms in total. The molecule has 1 atom stereocenters. The number of halogens is 3. The second-order valence-corrected chi connectivity index (χ2v) is 18.1. The fourth-order valence-corrected chi connectivity index (χ4v) is 8.62. The number of carbonyl (C=O) groups is 1. The molecule has 6 rings (SSSR count). The minimum atomic E-state index is -3.52. The second-order valence-electron chi connectivity index (χ2n) is 15.8. The normalized spacial score (nSPS) is 18.9. The number of benzene rings is 1. The Morgan fingerprint density at radius 3 is 2.40 bits per heavy atom. The van der Waals surface area contributed by atoms with E-state index in [1.54, 1.807) is 38.7 Å². The Labute approximate surface area is 330 Å². The number of likely N-dealkylation sites (tertiary alicyclic amines) is 1. The third-order valence-corrected chi connectivity index (χ3v) is 12.1. The van der Waals surface area contributed by atoms with E-state index < -0.39 is 50.8 Å². The Kier molecular flexibility index (Phi) is 13.4. The molecule has 3 saturated heterocycles. The molecule has 0 saturated carbocycles. The van der Waals surface area contributed by atoms with Crippen LogP contribution in [0.5, 0.6) is 0 Å². The Hall–Kier alpha value is -4.00. The second kappa shape index (κ2) is 17.9. The van der Waals surface area contributed by atoms with Crippen LogP contribution in [-0.2, 0) is 41.3 Å². The maximum Gasteiger partial charge on any atom is 0.410 e. The van der Waals surface area contributed by atoms with Gasteiger partial charge in [-0.25, -0.2) is 36.4 Å². The average molecular weight is 823 g/mol. The largest absolute Gasteiger partial charge is 0.444 e. The van der Waals surface area contributed by atoms with E-state index in [0.29, 0.717) is 43.9 Å². The van der Waals surface area contributed by atoms with E-state index in [-0.39, 0.29) is 86.0 Å². The molecular weight excluding hydrogens is 770 g/mol. The number of pyridine rings is 1. The summed E-state index contributed by atoms with van der Waals surface area (Å²) in [6.07, 6.45) is 2.38. The first-order valence-corrected chi connectivity index (χ1v) is 21.4. The van der Waals surface area contributed by atoms with Crippen LogP contribution < -0.4 is 15.8 Å². The monoisotopic (exact) mass is 822 g/mol. The topological polar surface area (TPSA) is 154 Å². The molecule has 57 heavy (non-hydrogen) atoms. The maximum absolute atomic E-state index is 16.2. The van der Waals surface area contributed by atoms with Crippen LogP contribution in [0, 0.1) is 11.7 Å². The van der Waals surface area contributed by atoms with E-state index in [9.17, 15) is 18.0 Å². The molecule has 5 heterocycles. The molecule has 2 aromatic heterocycles. The van der Waals surface area contributed by atoms with Crippen molar-refractivity contribution < 1.29 is 45.3 Å². The van der Waals surface area contributed by atoms with Gasteiger partial charge in [0.15, 0.2) is 16.1 Å². The van der Waals surface area contributed by atoms with Crippen molar-refractivity contribution in [2.45, 2.75) is 90.2 Å². The molecule has 0 spiro atoms. The lowest BCUT2D eigenvalue weighted by Gasteiger charge is -2.37. The predicted octanol–water partition coefficient (Wildman–Crippen LogP) is 5.64. The van der Waals surface area contributed by atoms with Crippen molar-refractivity contribution >= 4 is 38.5 Å². The summed E-state index contributed by atoms with van der Waals surface area (Å²) >= 11 is 0. The molecule has 0 aliphatic carbocycles. The molecule has 3 aromatic rings. The predicted molar refractivity (Wildman–Crippen MR) is 208 cm³/mol. The molecule has 3 fully saturated rings. The van der Waals surface area contributed by atoms with Crippen LogP contribution >= 0.6 is 0 Å². The molecule has 1 amide bonds. The number of piperidine rings is 1. The summed E-state index contributed by atoms with van der Waals surface area (Å²) in [5.74, 6) is -5.73. The van der Waals surface area contributed by atoms with Crippen molar-refractivity contribution in [2.75, 3.05) is 74.3 Å². The number of aryl methyl sites for hydroxylation is 1. The summed E-state index contributed by atoms with van der Waals surface area (Å²) in [4.78, 5) is 38.5. The number of ether oxygens (including phenoxy) is 4. The van der Waals surface area contributed by atoms with Crippen LogP contribution in [0.3, 0.4) is 0 Å². The molecule has 314 valence electrons. The summed E-state index contributed by atoms with van der Waals surface area (Å²) in [6.45, 7) is 9.47. The molecule has 18 heteroatoms. The number of hydrogen-bond donors (Lipinski definition) is 1. The Morgan fingerprint density at radius 1 is 1.04 bits per heavy atom. The number of amides is 1. The van der Waals surface area contributed by atoms with Gasteiger partial charge in [0.25, 0.3) is 11.5 Å². The Balaban J connectivity index is 1.20. The highest BCUT2D eigenvalue weighted by atomic mass is 32.2. The number of nitrogens with zero attached hydrogens (tertiary/aromatic N) is 5. The van der Waals surface area contributed by atoms with E-state index in [2.05, 4.69) is 15.3 Å². The molecule has 3 aliphatic heterocycles. The fraction of sp³-hybridized carbons (Fsp3) is 0.641. The van der Waals surface area contributed by atoms with Gasteiger partial charge in [-0.15, -0.1) is 0 Å². The van der Waals surface area contributed by atoms with Crippen LogP contribution in [0.2, 0.25) is 0 Å². The number of fused-ring (bicyclic) bond motifs is 1. The van der Waals surface area contributed by atoms with E-state index >= 15 is 13.2 Å².